The molecule has 0 bridgehead atoms. The molecule has 1 atom stereocenters. The molecule has 0 fully saturated rings. The van der Waals surface area contributed by atoms with Gasteiger partial charge in [-0.1, -0.05) is 48.3 Å². The molecule has 100 valence electrons. The van der Waals surface area contributed by atoms with Crippen LogP contribution in [0.1, 0.15) is 31.9 Å². The second-order valence-electron chi connectivity index (χ2n) is 5.52. The van der Waals surface area contributed by atoms with Crippen molar-refractivity contribution >= 4 is 33.2 Å². The van der Waals surface area contributed by atoms with Crippen LogP contribution in [0.2, 0.25) is 5.02 Å². The fourth-order valence-electron chi connectivity index (χ4n) is 1.57. The largest absolute Gasteiger partial charge is 0.288 e. The predicted octanol–water partition coefficient (Wildman–Crippen LogP) is 4.91. The molecule has 0 aliphatic carbocycles. The average Bonchev–Trinajstić information content (AvgIpc) is 2.21. The van der Waals surface area contributed by atoms with Gasteiger partial charge < -0.3 is 0 Å². The third-order valence-corrected chi connectivity index (χ3v) is 4.94. The zero-order valence-electron chi connectivity index (χ0n) is 11.0. The Hall–Kier alpha value is -0.610. The monoisotopic (exact) mass is 333 g/mol. The molecule has 0 radical (unpaired) electrons. The van der Waals surface area contributed by atoms with Gasteiger partial charge in [-0.2, -0.15) is 0 Å². The minimum atomic E-state index is -0.450. The second-order valence-corrected chi connectivity index (χ2v) is 7.04. The normalized spacial score (nSPS) is 13.4. The molecular formula is C13H17BrClNO2. The Labute approximate surface area is 121 Å². The van der Waals surface area contributed by atoms with Crippen molar-refractivity contribution in [2.75, 3.05) is 0 Å². The highest BCUT2D eigenvalue weighted by molar-refractivity contribution is 9.09. The maximum Gasteiger partial charge on any atom is 0.288 e. The van der Waals surface area contributed by atoms with Crippen molar-refractivity contribution in [3.05, 3.63) is 38.4 Å². The number of halogens is 2. The van der Waals surface area contributed by atoms with Gasteiger partial charge in [-0.3, -0.25) is 10.1 Å². The molecule has 0 N–H and O–H groups in total. The molecular weight excluding hydrogens is 318 g/mol. The van der Waals surface area contributed by atoms with Crippen molar-refractivity contribution in [2.45, 2.75) is 38.9 Å². The fraction of sp³-hybridized carbons (Fsp3) is 0.538. The molecule has 0 amide bonds. The Morgan fingerprint density at radius 3 is 2.44 bits per heavy atom. The topological polar surface area (TPSA) is 43.1 Å². The van der Waals surface area contributed by atoms with Gasteiger partial charge in [0.25, 0.3) is 5.69 Å². The van der Waals surface area contributed by atoms with Crippen LogP contribution in [0.15, 0.2) is 12.1 Å². The van der Waals surface area contributed by atoms with Gasteiger partial charge in [-0.25, -0.2) is 0 Å². The molecule has 0 heterocycles. The van der Waals surface area contributed by atoms with Crippen LogP contribution in [0.4, 0.5) is 5.69 Å². The standard InChI is InChI=1S/C13H17BrClNO2/c1-8-5-11(16(17)18)10(15)6-9(8)7-12(14)13(2,3)4/h5-6,12H,7H2,1-4H3. The van der Waals surface area contributed by atoms with Crippen molar-refractivity contribution in [1.29, 1.82) is 0 Å². The van der Waals surface area contributed by atoms with E-state index in [1.54, 1.807) is 12.1 Å². The maximum atomic E-state index is 10.8. The van der Waals surface area contributed by atoms with Crippen LogP contribution in [-0.2, 0) is 6.42 Å². The van der Waals surface area contributed by atoms with Gasteiger partial charge >= 0.3 is 0 Å². The molecule has 0 saturated carbocycles. The number of alkyl halides is 1. The van der Waals surface area contributed by atoms with E-state index in [0.29, 0.717) is 4.83 Å². The quantitative estimate of drug-likeness (QED) is 0.448. The molecule has 1 unspecified atom stereocenters. The third kappa shape index (κ3) is 3.69. The van der Waals surface area contributed by atoms with E-state index in [2.05, 4.69) is 36.7 Å². The van der Waals surface area contributed by atoms with Crippen molar-refractivity contribution in [1.82, 2.24) is 0 Å². The van der Waals surface area contributed by atoms with E-state index >= 15 is 0 Å². The number of nitrogens with zero attached hydrogens (tertiary/aromatic N) is 1. The Balaban J connectivity index is 3.06. The molecule has 0 aromatic heterocycles. The summed E-state index contributed by atoms with van der Waals surface area (Å²) in [6.07, 6.45) is 0.799. The lowest BCUT2D eigenvalue weighted by atomic mass is 9.87. The Morgan fingerprint density at radius 1 is 1.44 bits per heavy atom. The van der Waals surface area contributed by atoms with Crippen LogP contribution in [0.3, 0.4) is 0 Å². The number of hydrogen-bond donors (Lipinski definition) is 0. The van der Waals surface area contributed by atoms with Gasteiger partial charge in [0.2, 0.25) is 0 Å². The predicted molar refractivity (Wildman–Crippen MR) is 78.7 cm³/mol. The van der Waals surface area contributed by atoms with Crippen LogP contribution in [0, 0.1) is 22.5 Å². The summed E-state index contributed by atoms with van der Waals surface area (Å²) in [7, 11) is 0. The Morgan fingerprint density at radius 2 is 2.00 bits per heavy atom. The number of nitro groups is 1. The first-order chi connectivity index (χ1) is 8.12. The van der Waals surface area contributed by atoms with E-state index < -0.39 is 4.92 Å². The zero-order chi connectivity index (χ0) is 14.1. The van der Waals surface area contributed by atoms with E-state index in [1.807, 2.05) is 6.92 Å². The van der Waals surface area contributed by atoms with Crippen molar-refractivity contribution in [2.24, 2.45) is 5.41 Å². The minimum absolute atomic E-state index is 0.0280. The van der Waals surface area contributed by atoms with E-state index in [9.17, 15) is 10.1 Å². The van der Waals surface area contributed by atoms with E-state index in [1.165, 1.54) is 0 Å². The molecule has 1 aromatic carbocycles. The average molecular weight is 335 g/mol. The number of hydrogen-bond acceptors (Lipinski definition) is 2. The van der Waals surface area contributed by atoms with Crippen LogP contribution >= 0.6 is 27.5 Å². The maximum absolute atomic E-state index is 10.8. The lowest BCUT2D eigenvalue weighted by Crippen LogP contribution is -2.22. The molecule has 1 aromatic rings. The van der Waals surface area contributed by atoms with Crippen molar-refractivity contribution in [3.8, 4) is 0 Å². The minimum Gasteiger partial charge on any atom is -0.258 e. The molecule has 0 spiro atoms. The van der Waals surface area contributed by atoms with Crippen LogP contribution in [0.25, 0.3) is 0 Å². The number of rotatable bonds is 3. The summed E-state index contributed by atoms with van der Waals surface area (Å²) in [5.74, 6) is 0. The van der Waals surface area contributed by atoms with Gasteiger partial charge in [0.15, 0.2) is 0 Å². The van der Waals surface area contributed by atoms with Gasteiger partial charge in [-0.05, 0) is 36.0 Å². The summed E-state index contributed by atoms with van der Waals surface area (Å²) in [6.45, 7) is 8.32. The SMILES string of the molecule is Cc1cc([N+](=O)[O-])c(Cl)cc1CC(Br)C(C)(C)C. The van der Waals surface area contributed by atoms with E-state index in [4.69, 9.17) is 11.6 Å². The Kier molecular flexibility index (Phi) is 4.78. The first kappa shape index (κ1) is 15.4. The molecule has 3 nitrogen and oxygen atoms in total. The van der Waals surface area contributed by atoms with Crippen LogP contribution < -0.4 is 0 Å². The summed E-state index contributed by atoms with van der Waals surface area (Å²) >= 11 is 9.60. The first-order valence-corrected chi connectivity index (χ1v) is 6.99. The molecule has 0 aliphatic heterocycles. The summed E-state index contributed by atoms with van der Waals surface area (Å²) < 4.78 is 0. The van der Waals surface area contributed by atoms with Gasteiger partial charge in [0, 0.05) is 10.9 Å². The van der Waals surface area contributed by atoms with E-state index in [-0.39, 0.29) is 16.1 Å². The highest BCUT2D eigenvalue weighted by atomic mass is 79.9. The number of benzene rings is 1. The van der Waals surface area contributed by atoms with Crippen LogP contribution in [0.5, 0.6) is 0 Å². The number of aryl methyl sites for hydroxylation is 1. The summed E-state index contributed by atoms with van der Waals surface area (Å²) in [6, 6.07) is 3.25. The summed E-state index contributed by atoms with van der Waals surface area (Å²) in [4.78, 5) is 10.6. The van der Waals surface area contributed by atoms with E-state index in [0.717, 1.165) is 17.5 Å². The molecule has 5 heteroatoms. The van der Waals surface area contributed by atoms with Crippen molar-refractivity contribution in [3.63, 3.8) is 0 Å². The highest BCUT2D eigenvalue weighted by Gasteiger charge is 2.24. The zero-order valence-corrected chi connectivity index (χ0v) is 13.3. The fourth-order valence-corrected chi connectivity index (χ4v) is 2.17. The van der Waals surface area contributed by atoms with Gasteiger partial charge in [0.05, 0.1) is 4.92 Å². The molecule has 0 aliphatic rings. The smallest absolute Gasteiger partial charge is 0.258 e. The van der Waals surface area contributed by atoms with Crippen molar-refractivity contribution < 1.29 is 4.92 Å². The first-order valence-electron chi connectivity index (χ1n) is 5.70. The summed E-state index contributed by atoms with van der Waals surface area (Å²) in [5, 5.41) is 11.0. The molecule has 1 rings (SSSR count). The highest BCUT2D eigenvalue weighted by Crippen LogP contribution is 2.33. The van der Waals surface area contributed by atoms with Crippen LogP contribution in [-0.4, -0.2) is 9.75 Å². The van der Waals surface area contributed by atoms with Gasteiger partial charge in [0.1, 0.15) is 5.02 Å². The second kappa shape index (κ2) is 5.57. The summed E-state index contributed by atoms with van der Waals surface area (Å²) in [5.41, 5.74) is 2.04. The molecule has 18 heavy (non-hydrogen) atoms. The lowest BCUT2D eigenvalue weighted by molar-refractivity contribution is -0.384. The molecule has 0 saturated heterocycles. The lowest BCUT2D eigenvalue weighted by Gasteiger charge is -2.26. The third-order valence-electron chi connectivity index (χ3n) is 2.94. The number of nitro benzene ring substituents is 1. The van der Waals surface area contributed by atoms with Gasteiger partial charge in [-0.15, -0.1) is 0 Å². The Bertz CT molecular complexity index is 469.